The van der Waals surface area contributed by atoms with Crippen molar-refractivity contribution in [1.29, 1.82) is 0 Å². The van der Waals surface area contributed by atoms with E-state index in [1.807, 2.05) is 36.7 Å². The van der Waals surface area contributed by atoms with Gasteiger partial charge < -0.3 is 9.47 Å². The number of aryl methyl sites for hydroxylation is 1. The number of benzene rings is 1. The highest BCUT2D eigenvalue weighted by Crippen LogP contribution is 2.17. The van der Waals surface area contributed by atoms with Gasteiger partial charge in [-0.3, -0.25) is 0 Å². The lowest BCUT2D eigenvalue weighted by Gasteiger charge is -2.17. The van der Waals surface area contributed by atoms with Crippen LogP contribution in [0.1, 0.15) is 20.3 Å². The van der Waals surface area contributed by atoms with E-state index in [1.54, 1.807) is 6.20 Å². The van der Waals surface area contributed by atoms with E-state index in [9.17, 15) is 0 Å². The lowest BCUT2D eigenvalue weighted by Crippen LogP contribution is -2.20. The van der Waals surface area contributed by atoms with E-state index in [2.05, 4.69) is 22.4 Å². The molecule has 0 bridgehead atoms. The minimum absolute atomic E-state index is 0.183. The molecule has 0 saturated carbocycles. The van der Waals surface area contributed by atoms with Gasteiger partial charge in [-0.05, 0) is 13.8 Å². The molecule has 20 heavy (non-hydrogen) atoms. The molecule has 0 unspecified atom stereocenters. The minimum Gasteiger partial charge on any atom is -0.353 e. The number of aromatic nitrogens is 3. The second-order valence-electron chi connectivity index (χ2n) is 4.34. The molecule has 5 heteroatoms. The Balaban J connectivity index is 2.02. The second-order valence-corrected chi connectivity index (χ2v) is 4.34. The maximum Gasteiger partial charge on any atom is 0.159 e. The zero-order valence-electron chi connectivity index (χ0n) is 12.0. The van der Waals surface area contributed by atoms with Gasteiger partial charge >= 0.3 is 0 Å². The van der Waals surface area contributed by atoms with Crippen molar-refractivity contribution in [3.63, 3.8) is 0 Å². The van der Waals surface area contributed by atoms with Crippen LogP contribution in [0.3, 0.4) is 0 Å². The van der Waals surface area contributed by atoms with Crippen molar-refractivity contribution < 1.29 is 9.47 Å². The van der Waals surface area contributed by atoms with E-state index in [4.69, 9.17) is 9.47 Å². The molecule has 0 aliphatic heterocycles. The lowest BCUT2D eigenvalue weighted by molar-refractivity contribution is -0.141. The molecule has 2 aromatic rings. The van der Waals surface area contributed by atoms with Crippen LogP contribution < -0.4 is 0 Å². The van der Waals surface area contributed by atoms with Crippen molar-refractivity contribution in [2.45, 2.75) is 33.1 Å². The summed E-state index contributed by atoms with van der Waals surface area (Å²) in [6.07, 6.45) is 2.36. The molecule has 0 fully saturated rings. The molecule has 2 rings (SSSR count). The zero-order chi connectivity index (χ0) is 14.2. The van der Waals surface area contributed by atoms with Crippen LogP contribution in [0.2, 0.25) is 0 Å². The Morgan fingerprint density at radius 2 is 1.80 bits per heavy atom. The van der Waals surface area contributed by atoms with Crippen LogP contribution in [0, 0.1) is 0 Å². The Kier molecular flexibility index (Phi) is 5.70. The summed E-state index contributed by atoms with van der Waals surface area (Å²) in [6, 6.07) is 10.1. The predicted molar refractivity (Wildman–Crippen MR) is 77.1 cm³/mol. The monoisotopic (exact) mass is 275 g/mol. The third-order valence-electron chi connectivity index (χ3n) is 2.97. The molecule has 0 aliphatic carbocycles. The molecular formula is C15H21N3O2. The number of rotatable bonds is 8. The van der Waals surface area contributed by atoms with Gasteiger partial charge in [-0.25, -0.2) is 4.68 Å². The summed E-state index contributed by atoms with van der Waals surface area (Å²) >= 11 is 0. The number of hydrogen-bond acceptors (Lipinski definition) is 4. The molecule has 1 aromatic heterocycles. The Labute approximate surface area is 119 Å². The van der Waals surface area contributed by atoms with E-state index < -0.39 is 0 Å². The third kappa shape index (κ3) is 3.88. The maximum atomic E-state index is 5.54. The number of hydrogen-bond donors (Lipinski definition) is 0. The summed E-state index contributed by atoms with van der Waals surface area (Å²) in [6.45, 7) is 5.95. The normalized spacial score (nSPS) is 11.2. The minimum atomic E-state index is -0.183. The van der Waals surface area contributed by atoms with Crippen molar-refractivity contribution in [1.82, 2.24) is 15.0 Å². The molecule has 0 atom stereocenters. The number of nitrogens with zero attached hydrogens (tertiary/aromatic N) is 3. The van der Waals surface area contributed by atoms with Crippen molar-refractivity contribution in [2.75, 3.05) is 13.2 Å². The van der Waals surface area contributed by atoms with E-state index in [0.29, 0.717) is 13.2 Å². The predicted octanol–water partition coefficient (Wildman–Crippen LogP) is 2.73. The summed E-state index contributed by atoms with van der Waals surface area (Å²) in [5, 5.41) is 8.14. The standard InChI is InChI=1S/C15H21N3O2/c1-3-19-15(20-4-2)10-11-18-14(12-16-17-18)13-8-6-5-7-9-13/h5-9,12,15H,3-4,10-11H2,1-2H3. The van der Waals surface area contributed by atoms with Gasteiger partial charge in [0.1, 0.15) is 0 Å². The fourth-order valence-corrected chi connectivity index (χ4v) is 2.07. The quantitative estimate of drug-likeness (QED) is 0.695. The van der Waals surface area contributed by atoms with Gasteiger partial charge in [0, 0.05) is 31.7 Å². The highest BCUT2D eigenvalue weighted by molar-refractivity contribution is 5.57. The molecule has 0 spiro atoms. The van der Waals surface area contributed by atoms with E-state index in [0.717, 1.165) is 24.2 Å². The van der Waals surface area contributed by atoms with Crippen molar-refractivity contribution in [2.24, 2.45) is 0 Å². The van der Waals surface area contributed by atoms with Gasteiger partial charge in [-0.1, -0.05) is 35.5 Å². The second kappa shape index (κ2) is 7.77. The molecule has 0 radical (unpaired) electrons. The van der Waals surface area contributed by atoms with Crippen LogP contribution in [0.4, 0.5) is 0 Å². The fraction of sp³-hybridized carbons (Fsp3) is 0.467. The Bertz CT molecular complexity index is 493. The summed E-state index contributed by atoms with van der Waals surface area (Å²) < 4.78 is 13.0. The first-order valence-corrected chi connectivity index (χ1v) is 7.02. The van der Waals surface area contributed by atoms with Crippen molar-refractivity contribution in [3.8, 4) is 11.3 Å². The smallest absolute Gasteiger partial charge is 0.159 e. The summed E-state index contributed by atoms with van der Waals surface area (Å²) in [4.78, 5) is 0. The molecule has 5 nitrogen and oxygen atoms in total. The SMILES string of the molecule is CCOC(CCn1nncc1-c1ccccc1)OCC. The summed E-state index contributed by atoms with van der Waals surface area (Å²) in [7, 11) is 0. The van der Waals surface area contributed by atoms with Crippen LogP contribution >= 0.6 is 0 Å². The molecule has 0 aliphatic rings. The van der Waals surface area contributed by atoms with Crippen molar-refractivity contribution >= 4 is 0 Å². The average Bonchev–Trinajstić information content (AvgIpc) is 2.94. The lowest BCUT2D eigenvalue weighted by atomic mass is 10.2. The molecular weight excluding hydrogens is 254 g/mol. The van der Waals surface area contributed by atoms with Crippen LogP contribution in [0.5, 0.6) is 0 Å². The molecule has 108 valence electrons. The third-order valence-corrected chi connectivity index (χ3v) is 2.97. The first-order chi connectivity index (χ1) is 9.85. The van der Waals surface area contributed by atoms with Crippen LogP contribution in [-0.2, 0) is 16.0 Å². The topological polar surface area (TPSA) is 49.2 Å². The van der Waals surface area contributed by atoms with Gasteiger partial charge in [0.2, 0.25) is 0 Å². The van der Waals surface area contributed by atoms with Gasteiger partial charge in [0.05, 0.1) is 11.9 Å². The number of ether oxygens (including phenoxy) is 2. The Morgan fingerprint density at radius 1 is 1.10 bits per heavy atom. The molecule has 0 saturated heterocycles. The van der Waals surface area contributed by atoms with Crippen LogP contribution in [0.25, 0.3) is 11.3 Å². The van der Waals surface area contributed by atoms with Crippen LogP contribution in [0.15, 0.2) is 36.5 Å². The Hall–Kier alpha value is -1.72. The maximum absolute atomic E-state index is 5.54. The van der Waals surface area contributed by atoms with E-state index in [-0.39, 0.29) is 6.29 Å². The van der Waals surface area contributed by atoms with Gasteiger partial charge in [0.15, 0.2) is 6.29 Å². The molecule has 1 aromatic carbocycles. The van der Waals surface area contributed by atoms with Gasteiger partial charge in [-0.2, -0.15) is 0 Å². The van der Waals surface area contributed by atoms with Crippen LogP contribution in [-0.4, -0.2) is 34.5 Å². The summed E-state index contributed by atoms with van der Waals surface area (Å²) in [5.41, 5.74) is 2.12. The fourth-order valence-electron chi connectivity index (χ4n) is 2.07. The van der Waals surface area contributed by atoms with Gasteiger partial charge in [0.25, 0.3) is 0 Å². The van der Waals surface area contributed by atoms with E-state index in [1.165, 1.54) is 0 Å². The summed E-state index contributed by atoms with van der Waals surface area (Å²) in [5.74, 6) is 0. The van der Waals surface area contributed by atoms with Crippen molar-refractivity contribution in [3.05, 3.63) is 36.5 Å². The molecule has 0 N–H and O–H groups in total. The highest BCUT2D eigenvalue weighted by Gasteiger charge is 2.11. The largest absolute Gasteiger partial charge is 0.353 e. The zero-order valence-corrected chi connectivity index (χ0v) is 12.0. The van der Waals surface area contributed by atoms with Gasteiger partial charge in [-0.15, -0.1) is 5.10 Å². The van der Waals surface area contributed by atoms with E-state index >= 15 is 0 Å². The average molecular weight is 275 g/mol. The highest BCUT2D eigenvalue weighted by atomic mass is 16.7. The molecule has 0 amide bonds. The molecule has 1 heterocycles. The first-order valence-electron chi connectivity index (χ1n) is 7.02. The first kappa shape index (κ1) is 14.7. The Morgan fingerprint density at radius 3 is 2.45 bits per heavy atom.